The number of ether oxygens (including phenoxy) is 1. The predicted octanol–water partition coefficient (Wildman–Crippen LogP) is 2.42. The quantitative estimate of drug-likeness (QED) is 0.786. The fourth-order valence-electron chi connectivity index (χ4n) is 1.96. The summed E-state index contributed by atoms with van der Waals surface area (Å²) in [6.07, 6.45) is 2.79. The Morgan fingerprint density at radius 1 is 1.50 bits per heavy atom. The maximum atomic E-state index is 6.12. The van der Waals surface area contributed by atoms with Gasteiger partial charge in [0, 0.05) is 18.9 Å². The van der Waals surface area contributed by atoms with Crippen LogP contribution in [0.3, 0.4) is 0 Å². The van der Waals surface area contributed by atoms with Crippen molar-refractivity contribution in [2.45, 2.75) is 32.2 Å². The summed E-state index contributed by atoms with van der Waals surface area (Å²) in [5.74, 6) is 6.96. The zero-order chi connectivity index (χ0) is 11.4. The highest BCUT2D eigenvalue weighted by atomic mass is 16.5. The van der Waals surface area contributed by atoms with Gasteiger partial charge in [-0.2, -0.15) is 0 Å². The molecule has 1 aromatic rings. The van der Waals surface area contributed by atoms with E-state index in [9.17, 15) is 0 Å². The summed E-state index contributed by atoms with van der Waals surface area (Å²) in [4.78, 5) is 0. The second kappa shape index (κ2) is 5.05. The van der Waals surface area contributed by atoms with Crippen molar-refractivity contribution in [3.05, 3.63) is 29.3 Å². The molecule has 2 heteroatoms. The fraction of sp³-hybridized carbons (Fsp3) is 0.429. The Hall–Kier alpha value is -1.46. The van der Waals surface area contributed by atoms with E-state index in [1.807, 2.05) is 13.0 Å². The second-order valence-electron chi connectivity index (χ2n) is 4.04. The molecule has 2 N–H and O–H groups in total. The molecule has 1 aromatic carbocycles. The lowest BCUT2D eigenvalue weighted by molar-refractivity contribution is 0.357. The van der Waals surface area contributed by atoms with Crippen molar-refractivity contribution in [3.8, 4) is 17.6 Å². The van der Waals surface area contributed by atoms with Crippen LogP contribution in [-0.2, 0) is 6.42 Å². The highest BCUT2D eigenvalue weighted by molar-refractivity contribution is 5.40. The molecule has 0 radical (unpaired) electrons. The molecule has 0 aliphatic carbocycles. The van der Waals surface area contributed by atoms with Crippen molar-refractivity contribution in [2.75, 3.05) is 6.61 Å². The summed E-state index contributed by atoms with van der Waals surface area (Å²) in [5, 5.41) is 0. The molecular weight excluding hydrogens is 198 g/mol. The lowest BCUT2D eigenvalue weighted by atomic mass is 10.00. The Kier molecular flexibility index (Phi) is 3.48. The van der Waals surface area contributed by atoms with Crippen LogP contribution in [0.1, 0.15) is 36.9 Å². The first-order valence-electron chi connectivity index (χ1n) is 5.72. The lowest BCUT2D eigenvalue weighted by Crippen LogP contribution is -2.09. The van der Waals surface area contributed by atoms with Crippen molar-refractivity contribution in [1.29, 1.82) is 0 Å². The molecule has 84 valence electrons. The average Bonchev–Trinajstić information content (AvgIpc) is 2.76. The molecule has 0 bridgehead atoms. The van der Waals surface area contributed by atoms with Crippen LogP contribution in [0.5, 0.6) is 5.75 Å². The molecule has 1 aliphatic heterocycles. The molecule has 0 spiro atoms. The second-order valence-corrected chi connectivity index (χ2v) is 4.04. The van der Waals surface area contributed by atoms with Gasteiger partial charge in [0.15, 0.2) is 0 Å². The number of nitrogens with two attached hydrogens (primary N) is 1. The smallest absolute Gasteiger partial charge is 0.122 e. The molecule has 0 fully saturated rings. The maximum Gasteiger partial charge on any atom is 0.122 e. The van der Waals surface area contributed by atoms with E-state index < -0.39 is 0 Å². The first-order valence-corrected chi connectivity index (χ1v) is 5.72. The highest BCUT2D eigenvalue weighted by Gasteiger charge is 2.14. The molecule has 1 heterocycles. The third-order valence-electron chi connectivity index (χ3n) is 2.90. The third-order valence-corrected chi connectivity index (χ3v) is 2.90. The van der Waals surface area contributed by atoms with Gasteiger partial charge >= 0.3 is 0 Å². The molecule has 2 rings (SSSR count). The standard InChI is InChI=1S/C14H17NO/c1-2-3-4-5-13(15)11-6-7-14-12(10-11)8-9-16-14/h6-7,10,13H,4-5,8-9,15H2,1H3. The van der Waals surface area contributed by atoms with Crippen molar-refractivity contribution in [3.63, 3.8) is 0 Å². The van der Waals surface area contributed by atoms with Crippen molar-refractivity contribution >= 4 is 0 Å². The summed E-state index contributed by atoms with van der Waals surface area (Å²) in [5.41, 5.74) is 8.60. The van der Waals surface area contributed by atoms with Crippen LogP contribution in [-0.4, -0.2) is 6.61 Å². The zero-order valence-corrected chi connectivity index (χ0v) is 9.62. The van der Waals surface area contributed by atoms with Crippen LogP contribution in [0, 0.1) is 11.8 Å². The Bertz CT molecular complexity index is 428. The molecule has 16 heavy (non-hydrogen) atoms. The summed E-state index contributed by atoms with van der Waals surface area (Å²) < 4.78 is 5.47. The van der Waals surface area contributed by atoms with Crippen LogP contribution in [0.25, 0.3) is 0 Å². The highest BCUT2D eigenvalue weighted by Crippen LogP contribution is 2.28. The number of rotatable bonds is 3. The largest absolute Gasteiger partial charge is 0.493 e. The molecule has 0 amide bonds. The molecule has 0 saturated carbocycles. The van der Waals surface area contributed by atoms with Crippen LogP contribution in [0.15, 0.2) is 18.2 Å². The summed E-state index contributed by atoms with van der Waals surface area (Å²) in [7, 11) is 0. The van der Waals surface area contributed by atoms with Gasteiger partial charge < -0.3 is 10.5 Å². The van der Waals surface area contributed by atoms with Crippen molar-refractivity contribution < 1.29 is 4.74 Å². The van der Waals surface area contributed by atoms with E-state index in [1.54, 1.807) is 0 Å². The average molecular weight is 215 g/mol. The normalized spacial score (nSPS) is 14.6. The molecule has 1 atom stereocenters. The van der Waals surface area contributed by atoms with Gasteiger partial charge in [0.25, 0.3) is 0 Å². The first-order chi connectivity index (χ1) is 7.81. The van der Waals surface area contributed by atoms with E-state index >= 15 is 0 Å². The molecule has 1 aliphatic rings. The van der Waals surface area contributed by atoms with Gasteiger partial charge in [-0.05, 0) is 30.5 Å². The van der Waals surface area contributed by atoms with Crippen LogP contribution >= 0.6 is 0 Å². The predicted molar refractivity (Wildman–Crippen MR) is 65.3 cm³/mol. The van der Waals surface area contributed by atoms with Gasteiger partial charge in [0.05, 0.1) is 6.61 Å². The van der Waals surface area contributed by atoms with Gasteiger partial charge in [-0.3, -0.25) is 0 Å². The number of hydrogen-bond donors (Lipinski definition) is 1. The van der Waals surface area contributed by atoms with Gasteiger partial charge in [-0.15, -0.1) is 11.8 Å². The minimum atomic E-state index is 0.0896. The topological polar surface area (TPSA) is 35.2 Å². The van der Waals surface area contributed by atoms with Gasteiger partial charge in [0.1, 0.15) is 5.75 Å². The minimum absolute atomic E-state index is 0.0896. The first kappa shape index (κ1) is 11.0. The number of fused-ring (bicyclic) bond motifs is 1. The number of hydrogen-bond acceptors (Lipinski definition) is 2. The SMILES string of the molecule is CC#CCCC(N)c1ccc2c(c1)CCO2. The van der Waals surface area contributed by atoms with Crippen LogP contribution < -0.4 is 10.5 Å². The van der Waals surface area contributed by atoms with E-state index in [1.165, 1.54) is 11.1 Å². The van der Waals surface area contributed by atoms with E-state index in [0.29, 0.717) is 0 Å². The maximum absolute atomic E-state index is 6.12. The fourth-order valence-corrected chi connectivity index (χ4v) is 1.96. The van der Waals surface area contributed by atoms with E-state index in [0.717, 1.165) is 31.6 Å². The van der Waals surface area contributed by atoms with E-state index in [4.69, 9.17) is 10.5 Å². The Balaban J connectivity index is 2.05. The van der Waals surface area contributed by atoms with Crippen molar-refractivity contribution in [2.24, 2.45) is 5.73 Å². The summed E-state index contributed by atoms with van der Waals surface area (Å²) in [6, 6.07) is 6.36. The third kappa shape index (κ3) is 2.37. The van der Waals surface area contributed by atoms with Crippen molar-refractivity contribution in [1.82, 2.24) is 0 Å². The number of benzene rings is 1. The monoisotopic (exact) mass is 215 g/mol. The van der Waals surface area contributed by atoms with Gasteiger partial charge in [0.2, 0.25) is 0 Å². The Morgan fingerprint density at radius 2 is 2.38 bits per heavy atom. The molecule has 2 nitrogen and oxygen atoms in total. The van der Waals surface area contributed by atoms with E-state index in [-0.39, 0.29) is 6.04 Å². The summed E-state index contributed by atoms with van der Waals surface area (Å²) >= 11 is 0. The van der Waals surface area contributed by atoms with Crippen LogP contribution in [0.4, 0.5) is 0 Å². The summed E-state index contributed by atoms with van der Waals surface area (Å²) in [6.45, 7) is 2.66. The van der Waals surface area contributed by atoms with E-state index in [2.05, 4.69) is 24.0 Å². The zero-order valence-electron chi connectivity index (χ0n) is 9.62. The molecule has 1 unspecified atom stereocenters. The molecule has 0 aromatic heterocycles. The Morgan fingerprint density at radius 3 is 3.19 bits per heavy atom. The van der Waals surface area contributed by atoms with Gasteiger partial charge in [-0.25, -0.2) is 0 Å². The lowest BCUT2D eigenvalue weighted by Gasteiger charge is -2.11. The Labute approximate surface area is 96.8 Å². The molecular formula is C14H17NO. The molecule has 0 saturated heterocycles. The van der Waals surface area contributed by atoms with Crippen LogP contribution in [0.2, 0.25) is 0 Å². The van der Waals surface area contributed by atoms with Gasteiger partial charge in [-0.1, -0.05) is 12.1 Å². The minimum Gasteiger partial charge on any atom is -0.493 e.